The van der Waals surface area contributed by atoms with Gasteiger partial charge in [0.15, 0.2) is 16.4 Å². The van der Waals surface area contributed by atoms with Crippen molar-refractivity contribution in [3.05, 3.63) is 0 Å². The minimum atomic E-state index is -3.05. The molecular weight excluding hydrogens is 366 g/mol. The maximum atomic E-state index is 12.7. The second kappa shape index (κ2) is 5.84. The van der Waals surface area contributed by atoms with Crippen LogP contribution >= 0.6 is 11.6 Å². The van der Waals surface area contributed by atoms with Crippen LogP contribution in [0.25, 0.3) is 0 Å². The van der Waals surface area contributed by atoms with Gasteiger partial charge in [0.25, 0.3) is 5.91 Å². The largest absolute Gasteiger partial charge is 0.455 e. The zero-order chi connectivity index (χ0) is 17.9. The lowest BCUT2D eigenvalue weighted by atomic mass is 9.49. The Morgan fingerprint density at radius 2 is 1.84 bits per heavy atom. The van der Waals surface area contributed by atoms with Crippen LogP contribution in [0, 0.1) is 17.3 Å². The number of hydrogen-bond donors (Lipinski definition) is 1. The summed E-state index contributed by atoms with van der Waals surface area (Å²) in [5.74, 6) is 0.310. The van der Waals surface area contributed by atoms with E-state index in [-0.39, 0.29) is 35.0 Å². The summed E-state index contributed by atoms with van der Waals surface area (Å²) in [4.78, 5) is 24.4. The predicted molar refractivity (Wildman–Crippen MR) is 91.9 cm³/mol. The second-order valence-corrected chi connectivity index (χ2v) is 11.7. The van der Waals surface area contributed by atoms with Crippen LogP contribution in [0.15, 0.2) is 0 Å². The van der Waals surface area contributed by atoms with Crippen LogP contribution in [0.3, 0.4) is 0 Å². The standard InChI is InChI=1S/C17H24ClNO5S/c18-17-6-11-3-12(7-17)5-16(4-11,10-17)15(21)24-8-14(20)19-13-1-2-25(22,23)9-13/h11-13H,1-10H2,(H,19,20)/t11-,12-,13+,16?,17?/m0/s1. The van der Waals surface area contributed by atoms with Crippen LogP contribution in [0.5, 0.6) is 0 Å². The van der Waals surface area contributed by atoms with Gasteiger partial charge in [-0.1, -0.05) is 0 Å². The zero-order valence-corrected chi connectivity index (χ0v) is 15.7. The number of nitrogens with one attached hydrogen (secondary N) is 1. The number of rotatable bonds is 4. The van der Waals surface area contributed by atoms with Crippen molar-refractivity contribution in [1.29, 1.82) is 0 Å². The second-order valence-electron chi connectivity index (χ2n) is 8.64. The van der Waals surface area contributed by atoms with E-state index < -0.39 is 21.2 Å². The summed E-state index contributed by atoms with van der Waals surface area (Å²) in [7, 11) is -3.05. The van der Waals surface area contributed by atoms with Gasteiger partial charge in [0.1, 0.15) is 0 Å². The fourth-order valence-electron chi connectivity index (χ4n) is 5.85. The molecule has 0 aromatic rings. The summed E-state index contributed by atoms with van der Waals surface area (Å²) < 4.78 is 28.2. The van der Waals surface area contributed by atoms with Crippen molar-refractivity contribution < 1.29 is 22.7 Å². The average Bonchev–Trinajstić information content (AvgIpc) is 2.81. The molecule has 5 fully saturated rings. The molecule has 4 aliphatic carbocycles. The third kappa shape index (κ3) is 3.42. The summed E-state index contributed by atoms with van der Waals surface area (Å²) in [6, 6.07) is -0.373. The van der Waals surface area contributed by atoms with Gasteiger partial charge in [-0.15, -0.1) is 11.6 Å². The van der Waals surface area contributed by atoms with Crippen LogP contribution < -0.4 is 5.32 Å². The molecule has 4 bridgehead atoms. The lowest BCUT2D eigenvalue weighted by Gasteiger charge is -2.58. The number of carbonyl (C=O) groups is 2. The SMILES string of the molecule is O=C(COC(=O)C12C[C@@H]3C[C@H](CC(Cl)(C3)C1)C2)N[C@@H]1CCS(=O)(=O)C1. The summed E-state index contributed by atoms with van der Waals surface area (Å²) in [6.45, 7) is -0.345. The molecule has 140 valence electrons. The Labute approximate surface area is 152 Å². The van der Waals surface area contributed by atoms with E-state index in [1.807, 2.05) is 0 Å². The van der Waals surface area contributed by atoms with E-state index >= 15 is 0 Å². The first-order valence-corrected chi connectivity index (χ1v) is 11.2. The van der Waals surface area contributed by atoms with Crippen molar-refractivity contribution in [1.82, 2.24) is 5.32 Å². The van der Waals surface area contributed by atoms with Gasteiger partial charge in [-0.25, -0.2) is 8.42 Å². The highest BCUT2D eigenvalue weighted by Gasteiger charge is 2.60. The zero-order valence-electron chi connectivity index (χ0n) is 14.1. The molecule has 1 amide bonds. The van der Waals surface area contributed by atoms with Gasteiger partial charge in [0, 0.05) is 10.9 Å². The molecule has 1 heterocycles. The van der Waals surface area contributed by atoms with Gasteiger partial charge in [0.05, 0.1) is 16.9 Å². The third-order valence-electron chi connectivity index (χ3n) is 6.35. The number of halogens is 1. The molecule has 5 rings (SSSR count). The first-order valence-electron chi connectivity index (χ1n) is 9.03. The predicted octanol–water partition coefficient (Wildman–Crippen LogP) is 1.41. The molecule has 0 aromatic carbocycles. The van der Waals surface area contributed by atoms with Crippen LogP contribution in [0.1, 0.15) is 44.9 Å². The minimum absolute atomic E-state index is 0.0330. The van der Waals surface area contributed by atoms with E-state index in [2.05, 4.69) is 5.32 Å². The smallest absolute Gasteiger partial charge is 0.312 e. The lowest BCUT2D eigenvalue weighted by molar-refractivity contribution is -0.171. The highest BCUT2D eigenvalue weighted by molar-refractivity contribution is 7.91. The summed E-state index contributed by atoms with van der Waals surface area (Å²) >= 11 is 6.72. The number of esters is 1. The van der Waals surface area contributed by atoms with Gasteiger partial charge < -0.3 is 10.1 Å². The van der Waals surface area contributed by atoms with E-state index in [4.69, 9.17) is 16.3 Å². The Bertz CT molecular complexity index is 692. The van der Waals surface area contributed by atoms with Crippen LogP contribution in [-0.4, -0.2) is 49.3 Å². The van der Waals surface area contributed by atoms with E-state index in [0.29, 0.717) is 24.7 Å². The molecule has 25 heavy (non-hydrogen) atoms. The van der Waals surface area contributed by atoms with Gasteiger partial charge in [-0.05, 0) is 56.8 Å². The maximum Gasteiger partial charge on any atom is 0.312 e. The van der Waals surface area contributed by atoms with Crippen molar-refractivity contribution in [2.45, 2.75) is 55.9 Å². The number of ether oxygens (including phenoxy) is 1. The Kier molecular flexibility index (Phi) is 4.11. The maximum absolute atomic E-state index is 12.7. The molecule has 1 aliphatic heterocycles. The van der Waals surface area contributed by atoms with Crippen LogP contribution in [0.4, 0.5) is 0 Å². The minimum Gasteiger partial charge on any atom is -0.455 e. The van der Waals surface area contributed by atoms with Crippen molar-refractivity contribution >= 4 is 33.3 Å². The molecule has 1 N–H and O–H groups in total. The highest BCUT2D eigenvalue weighted by atomic mass is 35.5. The molecule has 6 nitrogen and oxygen atoms in total. The molecule has 0 aromatic heterocycles. The van der Waals surface area contributed by atoms with Crippen molar-refractivity contribution in [2.75, 3.05) is 18.1 Å². The van der Waals surface area contributed by atoms with E-state index in [1.165, 1.54) is 0 Å². The molecule has 0 spiro atoms. The molecule has 8 heteroatoms. The Morgan fingerprint density at radius 1 is 1.16 bits per heavy atom. The molecule has 3 atom stereocenters. The number of alkyl halides is 1. The number of hydrogen-bond acceptors (Lipinski definition) is 5. The first-order chi connectivity index (χ1) is 11.7. The molecular formula is C17H24ClNO5S. The summed E-state index contributed by atoms with van der Waals surface area (Å²) in [6.07, 6.45) is 5.83. The quantitative estimate of drug-likeness (QED) is 0.580. The van der Waals surface area contributed by atoms with Crippen molar-refractivity contribution in [2.24, 2.45) is 17.3 Å². The highest BCUT2D eigenvalue weighted by Crippen LogP contribution is 2.64. The third-order valence-corrected chi connectivity index (χ3v) is 8.56. The fourth-order valence-corrected chi connectivity index (χ4v) is 8.22. The number of sulfone groups is 1. The normalized spacial score (nSPS) is 43.8. The van der Waals surface area contributed by atoms with Crippen LogP contribution in [-0.2, 0) is 24.2 Å². The van der Waals surface area contributed by atoms with Crippen LogP contribution in [0.2, 0.25) is 0 Å². The topological polar surface area (TPSA) is 89.5 Å². The van der Waals surface area contributed by atoms with Crippen molar-refractivity contribution in [3.63, 3.8) is 0 Å². The molecule has 4 saturated carbocycles. The lowest BCUT2D eigenvalue weighted by Crippen LogP contribution is -2.56. The van der Waals surface area contributed by atoms with E-state index in [9.17, 15) is 18.0 Å². The molecule has 0 radical (unpaired) electrons. The van der Waals surface area contributed by atoms with E-state index in [1.54, 1.807) is 0 Å². The Morgan fingerprint density at radius 3 is 2.40 bits per heavy atom. The fraction of sp³-hybridized carbons (Fsp3) is 0.882. The molecule has 1 saturated heterocycles. The number of amides is 1. The van der Waals surface area contributed by atoms with Gasteiger partial charge in [-0.3, -0.25) is 9.59 Å². The average molecular weight is 390 g/mol. The summed E-state index contributed by atoms with van der Waals surface area (Å²) in [5, 5.41) is 2.65. The summed E-state index contributed by atoms with van der Waals surface area (Å²) in [5.41, 5.74) is -0.525. The molecule has 0 unspecified atom stereocenters. The Hall–Kier alpha value is -0.820. The number of carbonyl (C=O) groups excluding carboxylic acids is 2. The Balaban J connectivity index is 1.33. The van der Waals surface area contributed by atoms with Gasteiger partial charge in [-0.2, -0.15) is 0 Å². The van der Waals surface area contributed by atoms with E-state index in [0.717, 1.165) is 32.1 Å². The van der Waals surface area contributed by atoms with Gasteiger partial charge >= 0.3 is 5.97 Å². The molecule has 5 aliphatic rings. The monoisotopic (exact) mass is 389 g/mol. The van der Waals surface area contributed by atoms with Gasteiger partial charge in [0.2, 0.25) is 0 Å². The van der Waals surface area contributed by atoms with Crippen molar-refractivity contribution in [3.8, 4) is 0 Å². The first kappa shape index (κ1) is 17.6.